The van der Waals surface area contributed by atoms with E-state index in [2.05, 4.69) is 15.3 Å². The van der Waals surface area contributed by atoms with Gasteiger partial charge in [0, 0.05) is 20.3 Å². The van der Waals surface area contributed by atoms with Gasteiger partial charge in [0.25, 0.3) is 5.56 Å². The van der Waals surface area contributed by atoms with Gasteiger partial charge in [-0.05, 0) is 18.6 Å². The average Bonchev–Trinajstić information content (AvgIpc) is 2.94. The van der Waals surface area contributed by atoms with E-state index in [-0.39, 0.29) is 11.2 Å². The summed E-state index contributed by atoms with van der Waals surface area (Å²) in [5.74, 6) is -0.149. The zero-order chi connectivity index (χ0) is 17.4. The highest BCUT2D eigenvalue weighted by molar-refractivity contribution is 5.89. The second-order valence-corrected chi connectivity index (χ2v) is 5.53. The second kappa shape index (κ2) is 5.76. The number of nitrogens with one attached hydrogen (secondary N) is 1. The summed E-state index contributed by atoms with van der Waals surface area (Å²) in [7, 11) is 3.16. The fourth-order valence-electron chi connectivity index (χ4n) is 2.40. The van der Waals surface area contributed by atoms with Crippen LogP contribution in [0.1, 0.15) is 5.56 Å². The van der Waals surface area contributed by atoms with Crippen molar-refractivity contribution in [2.24, 2.45) is 14.1 Å². The average molecular weight is 328 g/mol. The summed E-state index contributed by atoms with van der Waals surface area (Å²) in [4.78, 5) is 45.1. The van der Waals surface area contributed by atoms with Gasteiger partial charge in [0.2, 0.25) is 5.91 Å². The molecule has 9 heteroatoms. The maximum atomic E-state index is 12.5. The number of hydrogen-bond donors (Lipinski definition) is 1. The number of imidazole rings is 1. The summed E-state index contributed by atoms with van der Waals surface area (Å²) in [6, 6.07) is 3.45. The molecule has 0 atom stereocenters. The van der Waals surface area contributed by atoms with Gasteiger partial charge in [0.1, 0.15) is 12.4 Å². The van der Waals surface area contributed by atoms with Crippen molar-refractivity contribution in [1.29, 1.82) is 0 Å². The highest BCUT2D eigenvalue weighted by atomic mass is 16.2. The molecule has 124 valence electrons. The van der Waals surface area contributed by atoms with Crippen molar-refractivity contribution in [3.63, 3.8) is 0 Å². The maximum absolute atomic E-state index is 12.5. The van der Waals surface area contributed by atoms with E-state index < -0.39 is 23.7 Å². The Bertz CT molecular complexity index is 1040. The molecule has 0 aliphatic heterocycles. The first kappa shape index (κ1) is 15.7. The van der Waals surface area contributed by atoms with Crippen molar-refractivity contribution in [2.45, 2.75) is 13.5 Å². The van der Waals surface area contributed by atoms with Gasteiger partial charge in [0.15, 0.2) is 11.2 Å². The van der Waals surface area contributed by atoms with E-state index in [0.29, 0.717) is 5.82 Å². The van der Waals surface area contributed by atoms with Crippen LogP contribution in [0.2, 0.25) is 0 Å². The summed E-state index contributed by atoms with van der Waals surface area (Å²) in [5, 5.41) is 2.57. The van der Waals surface area contributed by atoms with Gasteiger partial charge < -0.3 is 9.88 Å². The molecule has 0 fully saturated rings. The van der Waals surface area contributed by atoms with Gasteiger partial charge in [-0.2, -0.15) is 0 Å². The predicted molar refractivity (Wildman–Crippen MR) is 87.8 cm³/mol. The Labute approximate surface area is 136 Å². The monoisotopic (exact) mass is 328 g/mol. The fraction of sp³-hybridized carbons (Fsp3) is 0.267. The number of pyridine rings is 1. The lowest BCUT2D eigenvalue weighted by Gasteiger charge is -2.09. The van der Waals surface area contributed by atoms with Crippen molar-refractivity contribution in [3.8, 4) is 0 Å². The molecule has 0 unspecified atom stereocenters. The van der Waals surface area contributed by atoms with Crippen LogP contribution in [0.3, 0.4) is 0 Å². The molecule has 1 amide bonds. The lowest BCUT2D eigenvalue weighted by Crippen LogP contribution is -2.42. The maximum Gasteiger partial charge on any atom is 0.332 e. The summed E-state index contributed by atoms with van der Waals surface area (Å²) < 4.78 is 3.65. The first-order valence-corrected chi connectivity index (χ1v) is 7.22. The molecular weight excluding hydrogens is 312 g/mol. The van der Waals surface area contributed by atoms with E-state index >= 15 is 0 Å². The molecule has 0 aliphatic carbocycles. The molecule has 0 saturated heterocycles. The molecule has 3 aromatic heterocycles. The van der Waals surface area contributed by atoms with Crippen LogP contribution in [0.15, 0.2) is 34.2 Å². The summed E-state index contributed by atoms with van der Waals surface area (Å²) in [6.45, 7) is 1.48. The molecule has 3 aromatic rings. The van der Waals surface area contributed by atoms with Crippen LogP contribution in [0.5, 0.6) is 0 Å². The third-order valence-corrected chi connectivity index (χ3v) is 3.68. The minimum Gasteiger partial charge on any atom is -0.328 e. The molecule has 9 nitrogen and oxygen atoms in total. The molecule has 0 radical (unpaired) electrons. The molecular formula is C15H16N6O3. The smallest absolute Gasteiger partial charge is 0.328 e. The molecule has 0 saturated carbocycles. The van der Waals surface area contributed by atoms with E-state index in [9.17, 15) is 14.4 Å². The highest BCUT2D eigenvalue weighted by Crippen LogP contribution is 2.05. The van der Waals surface area contributed by atoms with Gasteiger partial charge in [0.05, 0.1) is 6.33 Å². The van der Waals surface area contributed by atoms with E-state index in [1.807, 2.05) is 6.92 Å². The third-order valence-electron chi connectivity index (χ3n) is 3.68. The fourth-order valence-corrected chi connectivity index (χ4v) is 2.40. The Hall–Kier alpha value is -3.23. The first-order valence-electron chi connectivity index (χ1n) is 7.22. The zero-order valence-electron chi connectivity index (χ0n) is 13.5. The molecule has 0 bridgehead atoms. The number of carbonyl (C=O) groups excluding carboxylic acids is 1. The van der Waals surface area contributed by atoms with Crippen LogP contribution >= 0.6 is 0 Å². The number of aromatic nitrogens is 5. The second-order valence-electron chi connectivity index (χ2n) is 5.53. The van der Waals surface area contributed by atoms with Crippen molar-refractivity contribution in [1.82, 2.24) is 23.7 Å². The number of rotatable bonds is 3. The van der Waals surface area contributed by atoms with Crippen LogP contribution in [0.4, 0.5) is 5.82 Å². The lowest BCUT2D eigenvalue weighted by atomic mass is 10.3. The molecule has 0 aromatic carbocycles. The van der Waals surface area contributed by atoms with Crippen molar-refractivity contribution in [3.05, 3.63) is 51.1 Å². The lowest BCUT2D eigenvalue weighted by molar-refractivity contribution is -0.116. The van der Waals surface area contributed by atoms with E-state index in [1.54, 1.807) is 25.4 Å². The van der Waals surface area contributed by atoms with Gasteiger partial charge in [-0.25, -0.2) is 19.3 Å². The number of aryl methyl sites for hydroxylation is 3. The summed E-state index contributed by atoms with van der Waals surface area (Å²) >= 11 is 0. The van der Waals surface area contributed by atoms with E-state index in [0.717, 1.165) is 10.1 Å². The highest BCUT2D eigenvalue weighted by Gasteiger charge is 2.17. The molecule has 0 spiro atoms. The van der Waals surface area contributed by atoms with Crippen molar-refractivity contribution in [2.75, 3.05) is 5.32 Å². The number of hydrogen-bond acceptors (Lipinski definition) is 5. The predicted octanol–water partition coefficient (Wildman–Crippen LogP) is -0.224. The Kier molecular flexibility index (Phi) is 3.76. The van der Waals surface area contributed by atoms with E-state index in [4.69, 9.17) is 0 Å². The molecule has 3 heterocycles. The summed E-state index contributed by atoms with van der Waals surface area (Å²) in [6.07, 6.45) is 3.06. The number of anilines is 1. The standard InChI is InChI=1S/C15H16N6O3/c1-9-4-5-10(16-6-9)18-11(22)7-21-14(23)12-13(17-8-19(12)2)20(3)15(21)24/h4-6,8H,7H2,1-3H3,(H,16,18,22). The van der Waals surface area contributed by atoms with Crippen LogP contribution in [-0.4, -0.2) is 29.6 Å². The molecule has 1 N–H and O–H groups in total. The number of nitrogens with zero attached hydrogens (tertiary/aromatic N) is 5. The number of amides is 1. The molecule has 0 aliphatic rings. The van der Waals surface area contributed by atoms with Gasteiger partial charge in [-0.15, -0.1) is 0 Å². The van der Waals surface area contributed by atoms with Gasteiger partial charge in [-0.3, -0.25) is 14.2 Å². The topological polar surface area (TPSA) is 104 Å². The van der Waals surface area contributed by atoms with Crippen molar-refractivity contribution < 1.29 is 4.79 Å². The first-order chi connectivity index (χ1) is 11.4. The third kappa shape index (κ3) is 2.60. The normalized spacial score (nSPS) is 11.0. The Morgan fingerprint density at radius 3 is 2.62 bits per heavy atom. The van der Waals surface area contributed by atoms with E-state index in [1.165, 1.54) is 22.5 Å². The van der Waals surface area contributed by atoms with Crippen LogP contribution in [0, 0.1) is 6.92 Å². The Morgan fingerprint density at radius 1 is 1.21 bits per heavy atom. The minimum absolute atomic E-state index is 0.262. The van der Waals surface area contributed by atoms with Crippen LogP contribution < -0.4 is 16.6 Å². The largest absolute Gasteiger partial charge is 0.332 e. The van der Waals surface area contributed by atoms with Gasteiger partial charge >= 0.3 is 5.69 Å². The number of fused-ring (bicyclic) bond motifs is 1. The molecule has 3 rings (SSSR count). The number of carbonyl (C=O) groups is 1. The Balaban J connectivity index is 1.96. The zero-order valence-corrected chi connectivity index (χ0v) is 13.5. The SMILES string of the molecule is Cc1ccc(NC(=O)Cn2c(=O)c3c(ncn3C)n(C)c2=O)nc1. The Morgan fingerprint density at radius 2 is 1.96 bits per heavy atom. The molecule has 24 heavy (non-hydrogen) atoms. The minimum atomic E-state index is -0.599. The van der Waals surface area contributed by atoms with Crippen molar-refractivity contribution >= 4 is 22.9 Å². The van der Waals surface area contributed by atoms with Gasteiger partial charge in [-0.1, -0.05) is 6.07 Å². The quantitative estimate of drug-likeness (QED) is 0.715. The van der Waals surface area contributed by atoms with Crippen LogP contribution in [-0.2, 0) is 25.4 Å². The summed E-state index contributed by atoms with van der Waals surface area (Å²) in [5.41, 5.74) is 0.348. The van der Waals surface area contributed by atoms with Crippen LogP contribution in [0.25, 0.3) is 11.2 Å².